The minimum Gasteiger partial charge on any atom is -0.453 e. The summed E-state index contributed by atoms with van der Waals surface area (Å²) in [6, 6.07) is 27.3. The summed E-state index contributed by atoms with van der Waals surface area (Å²) in [5.41, 5.74) is 1.24. The van der Waals surface area contributed by atoms with Gasteiger partial charge in [0.2, 0.25) is 5.78 Å². The normalized spacial score (nSPS) is 14.6. The average Bonchev–Trinajstić information content (AvgIpc) is 3.29. The second kappa shape index (κ2) is 10.5. The largest absolute Gasteiger partial charge is 0.453 e. The number of benzene rings is 4. The lowest BCUT2D eigenvalue weighted by molar-refractivity contribution is -0.383. The Hall–Kier alpha value is -5.44. The maximum atomic E-state index is 14.1. The van der Waals surface area contributed by atoms with Crippen LogP contribution in [0.4, 0.5) is 11.4 Å². The number of carbonyl (C=O) groups is 4. The zero-order valence-electron chi connectivity index (χ0n) is 20.3. The average molecular weight is 520 g/mol. The molecule has 0 unspecified atom stereocenters. The monoisotopic (exact) mass is 520 g/mol. The zero-order valence-corrected chi connectivity index (χ0v) is 20.3. The number of ketones is 2. The van der Waals surface area contributed by atoms with E-state index < -0.39 is 46.1 Å². The number of anilines is 1. The Balaban J connectivity index is 1.58. The van der Waals surface area contributed by atoms with Gasteiger partial charge in [-0.3, -0.25) is 24.5 Å². The molecule has 192 valence electrons. The van der Waals surface area contributed by atoms with Gasteiger partial charge in [0, 0.05) is 17.2 Å². The Morgan fingerprint density at radius 2 is 1.41 bits per heavy atom. The van der Waals surface area contributed by atoms with Crippen LogP contribution in [-0.2, 0) is 14.3 Å². The number of hydrogen-bond donors (Lipinski definition) is 1. The number of amides is 1. The number of esters is 1. The van der Waals surface area contributed by atoms with Crippen LogP contribution in [0.2, 0.25) is 0 Å². The van der Waals surface area contributed by atoms with E-state index in [4.69, 9.17) is 4.74 Å². The second-order valence-corrected chi connectivity index (χ2v) is 8.76. The molecule has 0 spiro atoms. The number of nitro benzene ring substituents is 1. The number of ether oxygens (including phenoxy) is 1. The lowest BCUT2D eigenvalue weighted by Crippen LogP contribution is -2.38. The second-order valence-electron chi connectivity index (χ2n) is 8.76. The third kappa shape index (κ3) is 4.80. The van der Waals surface area contributed by atoms with Crippen molar-refractivity contribution in [2.24, 2.45) is 5.92 Å². The number of Topliss-reactive ketones (excluding diaryl/α,β-unsaturated/α-hetero) is 2. The van der Waals surface area contributed by atoms with Crippen LogP contribution in [0.25, 0.3) is 11.1 Å². The number of nitro groups is 1. The number of rotatable bonds is 8. The number of nitrogens with one attached hydrogen (secondary N) is 1. The highest BCUT2D eigenvalue weighted by Crippen LogP contribution is 2.39. The topological polar surface area (TPSA) is 133 Å². The molecule has 1 heterocycles. The van der Waals surface area contributed by atoms with E-state index in [1.165, 1.54) is 36.4 Å². The molecule has 5 rings (SSSR count). The van der Waals surface area contributed by atoms with E-state index in [0.29, 0.717) is 16.7 Å². The molecular formula is C30H20N2O7. The Bertz CT molecular complexity index is 1630. The summed E-state index contributed by atoms with van der Waals surface area (Å²) < 4.78 is 5.50. The molecule has 0 aliphatic carbocycles. The summed E-state index contributed by atoms with van der Waals surface area (Å²) in [5.74, 6) is -5.65. The van der Waals surface area contributed by atoms with E-state index in [1.807, 2.05) is 6.07 Å². The number of hydrogen-bond acceptors (Lipinski definition) is 7. The Labute approximate surface area is 222 Å². The molecule has 0 aromatic heterocycles. The Morgan fingerprint density at radius 1 is 0.795 bits per heavy atom. The highest BCUT2D eigenvalue weighted by molar-refractivity contribution is 6.45. The van der Waals surface area contributed by atoms with Gasteiger partial charge in [0.15, 0.2) is 5.78 Å². The van der Waals surface area contributed by atoms with Crippen molar-refractivity contribution in [2.75, 3.05) is 5.32 Å². The maximum Gasteiger partial charge on any atom is 0.339 e. The Morgan fingerprint density at radius 3 is 2.15 bits per heavy atom. The summed E-state index contributed by atoms with van der Waals surface area (Å²) in [7, 11) is 0. The van der Waals surface area contributed by atoms with E-state index in [1.54, 1.807) is 60.7 Å². The lowest BCUT2D eigenvalue weighted by Gasteiger charge is -2.22. The summed E-state index contributed by atoms with van der Waals surface area (Å²) >= 11 is 0. The van der Waals surface area contributed by atoms with Crippen molar-refractivity contribution in [3.05, 3.63) is 130 Å². The van der Waals surface area contributed by atoms with Gasteiger partial charge in [0.25, 0.3) is 11.6 Å². The fourth-order valence-electron chi connectivity index (χ4n) is 4.61. The van der Waals surface area contributed by atoms with Gasteiger partial charge >= 0.3 is 5.97 Å². The zero-order chi connectivity index (χ0) is 27.5. The van der Waals surface area contributed by atoms with E-state index >= 15 is 0 Å². The van der Waals surface area contributed by atoms with Crippen LogP contribution in [0.1, 0.15) is 32.4 Å². The molecule has 2 atom stereocenters. The molecule has 0 fully saturated rings. The van der Waals surface area contributed by atoms with Crippen LogP contribution in [0.3, 0.4) is 0 Å². The molecule has 0 saturated carbocycles. The van der Waals surface area contributed by atoms with Crippen molar-refractivity contribution in [1.29, 1.82) is 0 Å². The van der Waals surface area contributed by atoms with Gasteiger partial charge < -0.3 is 10.1 Å². The number of nitrogens with zero attached hydrogens (tertiary/aromatic N) is 1. The van der Waals surface area contributed by atoms with Crippen LogP contribution in [0.5, 0.6) is 0 Å². The van der Waals surface area contributed by atoms with E-state index in [2.05, 4.69) is 5.32 Å². The van der Waals surface area contributed by atoms with Crippen molar-refractivity contribution in [3.63, 3.8) is 0 Å². The highest BCUT2D eigenvalue weighted by atomic mass is 16.6. The van der Waals surface area contributed by atoms with Gasteiger partial charge in [-0.2, -0.15) is 0 Å². The van der Waals surface area contributed by atoms with Crippen molar-refractivity contribution < 1.29 is 28.8 Å². The molecular weight excluding hydrogens is 500 g/mol. The first-order chi connectivity index (χ1) is 18.9. The standard InChI is InChI=1S/C30H20N2O7/c33-26(20-13-5-4-12-19(20)18-10-2-1-3-11-18)25(28-21-14-6-7-15-22(21)30(36)39-28)27(34)29(35)31-23-16-8-9-17-24(23)32(37)38/h1-17,25,28H,(H,31,35)/t25-,28+/m0/s1. The summed E-state index contributed by atoms with van der Waals surface area (Å²) in [6.45, 7) is 0. The molecule has 1 N–H and O–H groups in total. The third-order valence-corrected chi connectivity index (χ3v) is 6.44. The summed E-state index contributed by atoms with van der Waals surface area (Å²) in [4.78, 5) is 64.3. The molecule has 4 aromatic carbocycles. The van der Waals surface area contributed by atoms with Crippen molar-refractivity contribution >= 4 is 34.8 Å². The van der Waals surface area contributed by atoms with E-state index in [9.17, 15) is 29.3 Å². The number of cyclic esters (lactones) is 1. The lowest BCUT2D eigenvalue weighted by atomic mass is 9.82. The van der Waals surface area contributed by atoms with Crippen molar-refractivity contribution in [3.8, 4) is 11.1 Å². The molecule has 9 heteroatoms. The minimum atomic E-state index is -1.75. The van der Waals surface area contributed by atoms with Crippen LogP contribution in [-0.4, -0.2) is 28.4 Å². The number of carbonyl (C=O) groups excluding carboxylic acids is 4. The molecule has 0 bridgehead atoms. The summed E-state index contributed by atoms with van der Waals surface area (Å²) in [6.07, 6.45) is -1.37. The number of para-hydroxylation sites is 2. The summed E-state index contributed by atoms with van der Waals surface area (Å²) in [5, 5.41) is 13.7. The quantitative estimate of drug-likeness (QED) is 0.0845. The molecule has 1 amide bonds. The van der Waals surface area contributed by atoms with Gasteiger partial charge in [-0.05, 0) is 23.3 Å². The van der Waals surface area contributed by atoms with Crippen LogP contribution < -0.4 is 5.32 Å². The van der Waals surface area contributed by atoms with Gasteiger partial charge in [-0.1, -0.05) is 84.9 Å². The number of fused-ring (bicyclic) bond motifs is 1. The maximum absolute atomic E-state index is 14.1. The molecule has 0 radical (unpaired) electrons. The van der Waals surface area contributed by atoms with Crippen molar-refractivity contribution in [2.45, 2.75) is 6.10 Å². The van der Waals surface area contributed by atoms with Gasteiger partial charge in [0.05, 0.1) is 10.5 Å². The first-order valence-corrected chi connectivity index (χ1v) is 11.9. The van der Waals surface area contributed by atoms with Gasteiger partial charge in [0.1, 0.15) is 17.7 Å². The molecule has 1 aliphatic heterocycles. The predicted octanol–water partition coefficient (Wildman–Crippen LogP) is 5.18. The predicted molar refractivity (Wildman–Crippen MR) is 141 cm³/mol. The highest BCUT2D eigenvalue weighted by Gasteiger charge is 2.46. The molecule has 39 heavy (non-hydrogen) atoms. The van der Waals surface area contributed by atoms with E-state index in [-0.39, 0.29) is 16.8 Å². The third-order valence-electron chi connectivity index (χ3n) is 6.44. The van der Waals surface area contributed by atoms with Crippen LogP contribution >= 0.6 is 0 Å². The first-order valence-electron chi connectivity index (χ1n) is 11.9. The SMILES string of the molecule is O=C(Nc1ccccc1[N+](=O)[O-])C(=O)[C@H](C(=O)c1ccccc1-c1ccccc1)[C@@H]1OC(=O)c2ccccc21. The Kier molecular flexibility index (Phi) is 6.79. The van der Waals surface area contributed by atoms with Crippen molar-refractivity contribution in [1.82, 2.24) is 0 Å². The molecule has 4 aromatic rings. The fraction of sp³-hybridized carbons (Fsp3) is 0.0667. The fourth-order valence-corrected chi connectivity index (χ4v) is 4.61. The van der Waals surface area contributed by atoms with Crippen LogP contribution in [0, 0.1) is 16.0 Å². The van der Waals surface area contributed by atoms with Gasteiger partial charge in [-0.15, -0.1) is 0 Å². The molecule has 0 saturated heterocycles. The smallest absolute Gasteiger partial charge is 0.339 e. The van der Waals surface area contributed by atoms with Gasteiger partial charge in [-0.25, -0.2) is 4.79 Å². The van der Waals surface area contributed by atoms with E-state index in [0.717, 1.165) is 0 Å². The first kappa shape index (κ1) is 25.2. The molecule has 1 aliphatic rings. The van der Waals surface area contributed by atoms with Crippen LogP contribution in [0.15, 0.2) is 103 Å². The minimum absolute atomic E-state index is 0.154. The molecule has 9 nitrogen and oxygen atoms in total.